The molecule has 0 atom stereocenters. The number of hydrogen-bond donors (Lipinski definition) is 1. The second-order valence-corrected chi connectivity index (χ2v) is 12.9. The van der Waals surface area contributed by atoms with Crippen LogP contribution in [0.4, 0.5) is 5.69 Å². The average Bonchev–Trinajstić information content (AvgIpc) is 2.61. The van der Waals surface area contributed by atoms with Crippen molar-refractivity contribution in [3.63, 3.8) is 0 Å². The lowest BCUT2D eigenvalue weighted by Gasteiger charge is -2.25. The van der Waals surface area contributed by atoms with E-state index in [2.05, 4.69) is 111 Å². The molecule has 0 aliphatic carbocycles. The molecular formula is C28H43N2P. The topological polar surface area (TPSA) is 24.4 Å². The van der Waals surface area contributed by atoms with E-state index in [0.29, 0.717) is 11.8 Å². The van der Waals surface area contributed by atoms with Crippen molar-refractivity contribution in [3.8, 4) is 0 Å². The van der Waals surface area contributed by atoms with Crippen molar-refractivity contribution in [3.05, 3.63) is 64.2 Å². The summed E-state index contributed by atoms with van der Waals surface area (Å²) >= 11 is 0. The smallest absolute Gasteiger partial charge is 0.137 e. The summed E-state index contributed by atoms with van der Waals surface area (Å²) in [4.78, 5) is 5.24. The Hall–Kier alpha value is -1.66. The Balaban J connectivity index is 2.53. The molecule has 0 heterocycles. The van der Waals surface area contributed by atoms with E-state index in [1.807, 2.05) is 0 Å². The molecule has 2 aromatic rings. The van der Waals surface area contributed by atoms with Crippen molar-refractivity contribution in [2.75, 3.05) is 12.3 Å². The molecule has 2 nitrogen and oxygen atoms in total. The molecule has 1 N–H and O–H groups in total. The molecule has 2 aromatic carbocycles. The van der Waals surface area contributed by atoms with Gasteiger partial charge in [0, 0.05) is 5.56 Å². The summed E-state index contributed by atoms with van der Waals surface area (Å²) in [5, 5.41) is 3.92. The molecule has 0 bridgehead atoms. The first-order chi connectivity index (χ1) is 14.4. The molecule has 0 aliphatic rings. The van der Waals surface area contributed by atoms with E-state index in [-0.39, 0.29) is 13.5 Å². The first-order valence-electron chi connectivity index (χ1n) is 11.7. The monoisotopic (exact) mass is 438 g/mol. The third kappa shape index (κ3) is 7.76. The quantitative estimate of drug-likeness (QED) is 0.262. The van der Waals surface area contributed by atoms with Crippen molar-refractivity contribution in [2.45, 2.75) is 74.7 Å². The van der Waals surface area contributed by atoms with E-state index in [1.165, 1.54) is 40.1 Å². The van der Waals surface area contributed by atoms with Crippen molar-refractivity contribution >= 4 is 19.6 Å². The predicted molar refractivity (Wildman–Crippen MR) is 141 cm³/mol. The molecular weight excluding hydrogens is 395 g/mol. The molecule has 0 amide bonds. The minimum atomic E-state index is -0.335. The van der Waals surface area contributed by atoms with Gasteiger partial charge in [0.2, 0.25) is 0 Å². The van der Waals surface area contributed by atoms with Crippen LogP contribution in [0.1, 0.15) is 76.3 Å². The van der Waals surface area contributed by atoms with Gasteiger partial charge < -0.3 is 5.09 Å². The normalized spacial score (nSPS) is 12.9. The predicted octanol–water partition coefficient (Wildman–Crippen LogP) is 8.29. The van der Waals surface area contributed by atoms with Crippen LogP contribution in [0.2, 0.25) is 0 Å². The second kappa shape index (κ2) is 10.8. The standard InChI is InChI=1S/C28H43N2P/c1-19(2)17-31(18-20(3)4)30-27(24-11-13-25(14-12-24)28(8,9)10)29-26-22(6)15-21(5)16-23(26)7/h11-16,19-20H,17-18H2,1-10H3,(H,29,30). The molecule has 2 rings (SSSR count). The van der Waals surface area contributed by atoms with Crippen LogP contribution in [0, 0.1) is 32.6 Å². The lowest BCUT2D eigenvalue weighted by molar-refractivity contribution is 0.590. The Morgan fingerprint density at radius 1 is 0.871 bits per heavy atom. The Bertz CT molecular complexity index is 853. The van der Waals surface area contributed by atoms with Gasteiger partial charge in [0.15, 0.2) is 0 Å². The molecule has 0 saturated heterocycles. The zero-order chi connectivity index (χ0) is 23.3. The highest BCUT2D eigenvalue weighted by atomic mass is 31.1. The number of aryl methyl sites for hydroxylation is 3. The lowest BCUT2D eigenvalue weighted by Crippen LogP contribution is -2.24. The van der Waals surface area contributed by atoms with E-state index in [1.54, 1.807) is 0 Å². The van der Waals surface area contributed by atoms with E-state index in [4.69, 9.17) is 4.99 Å². The first kappa shape index (κ1) is 25.6. The zero-order valence-electron chi connectivity index (χ0n) is 21.4. The van der Waals surface area contributed by atoms with Gasteiger partial charge in [-0.3, -0.25) is 0 Å². The Kier molecular flexibility index (Phi) is 8.90. The van der Waals surface area contributed by atoms with Gasteiger partial charge in [-0.2, -0.15) is 0 Å². The van der Waals surface area contributed by atoms with Crippen LogP contribution in [0.15, 0.2) is 41.4 Å². The summed E-state index contributed by atoms with van der Waals surface area (Å²) in [7, 11) is -0.335. The van der Waals surface area contributed by atoms with Gasteiger partial charge >= 0.3 is 0 Å². The van der Waals surface area contributed by atoms with Gasteiger partial charge in [-0.1, -0.05) is 90.4 Å². The number of rotatable bonds is 7. The molecule has 170 valence electrons. The average molecular weight is 439 g/mol. The fourth-order valence-electron chi connectivity index (χ4n) is 3.94. The van der Waals surface area contributed by atoms with E-state index in [9.17, 15) is 0 Å². The highest BCUT2D eigenvalue weighted by Gasteiger charge is 2.18. The maximum absolute atomic E-state index is 5.24. The van der Waals surface area contributed by atoms with Crippen LogP contribution in [-0.2, 0) is 5.41 Å². The Morgan fingerprint density at radius 2 is 1.35 bits per heavy atom. The van der Waals surface area contributed by atoms with Gasteiger partial charge in [-0.15, -0.1) is 0 Å². The molecule has 0 unspecified atom stereocenters. The van der Waals surface area contributed by atoms with Crippen molar-refractivity contribution in [1.29, 1.82) is 0 Å². The minimum absolute atomic E-state index is 0.148. The van der Waals surface area contributed by atoms with Gasteiger partial charge in [0.1, 0.15) is 5.84 Å². The first-order valence-corrected chi connectivity index (χ1v) is 13.4. The molecule has 0 aliphatic heterocycles. The summed E-state index contributed by atoms with van der Waals surface area (Å²) in [6.07, 6.45) is 2.41. The Morgan fingerprint density at radius 3 is 1.77 bits per heavy atom. The minimum Gasteiger partial charge on any atom is -0.349 e. The number of benzene rings is 2. The second-order valence-electron chi connectivity index (χ2n) is 10.8. The summed E-state index contributed by atoms with van der Waals surface area (Å²) in [5.74, 6) is 2.36. The van der Waals surface area contributed by atoms with Gasteiger partial charge in [0.25, 0.3) is 0 Å². The molecule has 0 saturated carbocycles. The van der Waals surface area contributed by atoms with Crippen LogP contribution >= 0.6 is 8.07 Å². The summed E-state index contributed by atoms with van der Waals surface area (Å²) < 4.78 is 0. The SMILES string of the molecule is Cc1cc(C)c(N=C(NP(CC(C)C)CC(C)C)c2ccc(C(C)(C)C)cc2)c(C)c1. The molecule has 0 aromatic heterocycles. The van der Waals surface area contributed by atoms with E-state index in [0.717, 1.165) is 11.5 Å². The van der Waals surface area contributed by atoms with Gasteiger partial charge in [-0.05, 0) is 75.1 Å². The van der Waals surface area contributed by atoms with Crippen LogP contribution < -0.4 is 5.09 Å². The van der Waals surface area contributed by atoms with Crippen molar-refractivity contribution in [1.82, 2.24) is 5.09 Å². The highest BCUT2D eigenvalue weighted by Crippen LogP contribution is 2.37. The number of nitrogens with one attached hydrogen (secondary N) is 1. The number of nitrogens with zero attached hydrogens (tertiary/aromatic N) is 1. The zero-order valence-corrected chi connectivity index (χ0v) is 22.3. The fraction of sp³-hybridized carbons (Fsp3) is 0.536. The molecule has 0 fully saturated rings. The molecule has 31 heavy (non-hydrogen) atoms. The third-order valence-corrected chi connectivity index (χ3v) is 8.19. The number of amidine groups is 1. The van der Waals surface area contributed by atoms with Crippen LogP contribution in [0.5, 0.6) is 0 Å². The molecule has 0 radical (unpaired) electrons. The van der Waals surface area contributed by atoms with Gasteiger partial charge in [-0.25, -0.2) is 4.99 Å². The van der Waals surface area contributed by atoms with E-state index >= 15 is 0 Å². The van der Waals surface area contributed by atoms with Crippen LogP contribution in [0.3, 0.4) is 0 Å². The van der Waals surface area contributed by atoms with Crippen molar-refractivity contribution < 1.29 is 0 Å². The third-order valence-electron chi connectivity index (χ3n) is 5.32. The molecule has 0 spiro atoms. The van der Waals surface area contributed by atoms with Crippen molar-refractivity contribution in [2.24, 2.45) is 16.8 Å². The lowest BCUT2D eigenvalue weighted by atomic mass is 9.86. The van der Waals surface area contributed by atoms with Crippen LogP contribution in [-0.4, -0.2) is 18.2 Å². The fourth-order valence-corrected chi connectivity index (χ4v) is 6.51. The van der Waals surface area contributed by atoms with Crippen LogP contribution in [0.25, 0.3) is 0 Å². The summed E-state index contributed by atoms with van der Waals surface area (Å²) in [5.41, 5.74) is 7.53. The summed E-state index contributed by atoms with van der Waals surface area (Å²) in [6, 6.07) is 13.5. The highest BCUT2D eigenvalue weighted by molar-refractivity contribution is 7.56. The number of hydrogen-bond acceptors (Lipinski definition) is 1. The summed E-state index contributed by atoms with van der Waals surface area (Å²) in [6.45, 7) is 22.6. The van der Waals surface area contributed by atoms with E-state index < -0.39 is 0 Å². The molecule has 3 heteroatoms. The maximum Gasteiger partial charge on any atom is 0.137 e. The number of aliphatic imine (C=N–C) groups is 1. The van der Waals surface area contributed by atoms with Gasteiger partial charge in [0.05, 0.1) is 5.69 Å². The largest absolute Gasteiger partial charge is 0.349 e. The maximum atomic E-state index is 5.24. The Labute approximate surface area is 192 Å².